The van der Waals surface area contributed by atoms with Gasteiger partial charge in [-0.3, -0.25) is 0 Å². The minimum absolute atomic E-state index is 0.0913. The van der Waals surface area contributed by atoms with E-state index in [9.17, 15) is 8.42 Å². The van der Waals surface area contributed by atoms with E-state index in [1.54, 1.807) is 11.3 Å². The van der Waals surface area contributed by atoms with Gasteiger partial charge in [-0.2, -0.15) is 0 Å². The fourth-order valence-corrected chi connectivity index (χ4v) is 5.75. The number of hydrogen-bond acceptors (Lipinski definition) is 4. The molecule has 19 heavy (non-hydrogen) atoms. The molecule has 2 rings (SSSR count). The van der Waals surface area contributed by atoms with Gasteiger partial charge in [-0.05, 0) is 30.4 Å². The number of hydrogen-bond donors (Lipinski definition) is 1. The minimum atomic E-state index is -3.02. The summed E-state index contributed by atoms with van der Waals surface area (Å²) >= 11 is 1.65. The molecule has 1 fully saturated rings. The van der Waals surface area contributed by atoms with E-state index in [2.05, 4.69) is 26.8 Å². The molecule has 0 amide bonds. The summed E-state index contributed by atoms with van der Waals surface area (Å²) in [5, 5.41) is -0.396. The maximum atomic E-state index is 12.1. The Balaban J connectivity index is 2.24. The van der Waals surface area contributed by atoms with Crippen LogP contribution in [0.1, 0.15) is 55.8 Å². The molecule has 0 aromatic carbocycles. The molecule has 0 aliphatic carbocycles. The molecular formula is C14H23NO2S2. The van der Waals surface area contributed by atoms with Crippen molar-refractivity contribution in [3.8, 4) is 0 Å². The lowest BCUT2D eigenvalue weighted by Gasteiger charge is -2.27. The van der Waals surface area contributed by atoms with Crippen LogP contribution in [0.15, 0.2) is 12.1 Å². The predicted octanol–water partition coefficient (Wildman–Crippen LogP) is 3.01. The number of rotatable bonds is 2. The molecule has 3 nitrogen and oxygen atoms in total. The van der Waals surface area contributed by atoms with Crippen molar-refractivity contribution in [2.45, 2.75) is 56.7 Å². The third-order valence-electron chi connectivity index (χ3n) is 3.72. The average molecular weight is 301 g/mol. The Bertz CT molecular complexity index is 540. The molecule has 2 N–H and O–H groups in total. The van der Waals surface area contributed by atoms with Crippen molar-refractivity contribution in [3.63, 3.8) is 0 Å². The highest BCUT2D eigenvalue weighted by Crippen LogP contribution is 2.36. The van der Waals surface area contributed by atoms with Gasteiger partial charge < -0.3 is 5.73 Å². The first-order chi connectivity index (χ1) is 8.72. The molecule has 0 saturated carbocycles. The fourth-order valence-electron chi connectivity index (χ4n) is 2.50. The van der Waals surface area contributed by atoms with Gasteiger partial charge in [0.2, 0.25) is 0 Å². The number of nitrogens with two attached hydrogens (primary N) is 1. The van der Waals surface area contributed by atoms with Crippen molar-refractivity contribution in [2.24, 2.45) is 5.73 Å². The first-order valence-electron chi connectivity index (χ1n) is 6.79. The zero-order valence-electron chi connectivity index (χ0n) is 11.8. The average Bonchev–Trinajstić information content (AvgIpc) is 2.76. The van der Waals surface area contributed by atoms with Crippen LogP contribution in [0, 0.1) is 0 Å². The molecule has 108 valence electrons. The quantitative estimate of drug-likeness (QED) is 0.913. The van der Waals surface area contributed by atoms with Crippen molar-refractivity contribution in [1.82, 2.24) is 0 Å². The van der Waals surface area contributed by atoms with Gasteiger partial charge in [0.1, 0.15) is 0 Å². The molecule has 5 heteroatoms. The maximum Gasteiger partial charge on any atom is 0.155 e. The molecular weight excluding hydrogens is 278 g/mol. The summed E-state index contributed by atoms with van der Waals surface area (Å²) in [4.78, 5) is 2.26. The highest BCUT2D eigenvalue weighted by molar-refractivity contribution is 7.92. The van der Waals surface area contributed by atoms with Crippen LogP contribution in [0.2, 0.25) is 0 Å². The normalized spacial score (nSPS) is 25.2. The monoisotopic (exact) mass is 301 g/mol. The van der Waals surface area contributed by atoms with E-state index in [4.69, 9.17) is 5.73 Å². The third-order valence-corrected chi connectivity index (χ3v) is 7.65. The molecule has 1 saturated heterocycles. The number of thiophene rings is 1. The first kappa shape index (κ1) is 15.0. The summed E-state index contributed by atoms with van der Waals surface area (Å²) in [5.41, 5.74) is 6.32. The van der Waals surface area contributed by atoms with Crippen LogP contribution in [-0.4, -0.2) is 19.4 Å². The molecule has 1 aliphatic rings. The van der Waals surface area contributed by atoms with Gasteiger partial charge in [0, 0.05) is 9.75 Å². The molecule has 1 aromatic heterocycles. The predicted molar refractivity (Wildman–Crippen MR) is 81.4 cm³/mol. The van der Waals surface area contributed by atoms with Gasteiger partial charge >= 0.3 is 0 Å². The molecule has 2 unspecified atom stereocenters. The van der Waals surface area contributed by atoms with Crippen LogP contribution in [-0.2, 0) is 15.3 Å². The maximum absolute atomic E-state index is 12.1. The molecule has 0 radical (unpaired) electrons. The lowest BCUT2D eigenvalue weighted by Crippen LogP contribution is -2.37. The van der Waals surface area contributed by atoms with Crippen molar-refractivity contribution in [2.75, 3.05) is 5.75 Å². The second-order valence-electron chi connectivity index (χ2n) is 6.38. The van der Waals surface area contributed by atoms with Crippen LogP contribution in [0.3, 0.4) is 0 Å². The van der Waals surface area contributed by atoms with Gasteiger partial charge in [-0.1, -0.05) is 27.2 Å². The van der Waals surface area contributed by atoms with E-state index in [-0.39, 0.29) is 11.5 Å². The van der Waals surface area contributed by atoms with Crippen LogP contribution in [0.5, 0.6) is 0 Å². The SMILES string of the molecule is CC(C)(C)c1ccc(C(N)C2CCCCS2(=O)=O)s1. The summed E-state index contributed by atoms with van der Waals surface area (Å²) in [6.07, 6.45) is 2.45. The standard InChI is InChI=1S/C14H23NO2S2/c1-14(2,3)12-8-7-10(18-12)13(15)11-6-4-5-9-19(11,16)17/h7-8,11,13H,4-6,9,15H2,1-3H3. The summed E-state index contributed by atoms with van der Waals surface area (Å²) in [6, 6.07) is 3.71. The van der Waals surface area contributed by atoms with E-state index in [0.717, 1.165) is 17.7 Å². The van der Waals surface area contributed by atoms with Crippen LogP contribution >= 0.6 is 11.3 Å². The van der Waals surface area contributed by atoms with Crippen LogP contribution in [0.25, 0.3) is 0 Å². The van der Waals surface area contributed by atoms with E-state index in [1.807, 2.05) is 6.07 Å². The molecule has 0 bridgehead atoms. The van der Waals surface area contributed by atoms with Crippen LogP contribution < -0.4 is 5.73 Å². The van der Waals surface area contributed by atoms with Gasteiger partial charge in [0.15, 0.2) is 9.84 Å². The second-order valence-corrected chi connectivity index (χ2v) is 9.83. The molecule has 0 spiro atoms. The highest BCUT2D eigenvalue weighted by atomic mass is 32.2. The number of sulfone groups is 1. The van der Waals surface area contributed by atoms with E-state index < -0.39 is 15.1 Å². The van der Waals surface area contributed by atoms with Crippen molar-refractivity contribution < 1.29 is 8.42 Å². The fraction of sp³-hybridized carbons (Fsp3) is 0.714. The Morgan fingerprint density at radius 3 is 2.53 bits per heavy atom. The van der Waals surface area contributed by atoms with Crippen molar-refractivity contribution >= 4 is 21.2 Å². The van der Waals surface area contributed by atoms with Crippen molar-refractivity contribution in [3.05, 3.63) is 21.9 Å². The third kappa shape index (κ3) is 3.20. The Morgan fingerprint density at radius 2 is 2.00 bits per heavy atom. The molecule has 1 aliphatic heterocycles. The zero-order chi connectivity index (χ0) is 14.3. The summed E-state index contributed by atoms with van der Waals surface area (Å²) < 4.78 is 24.2. The minimum Gasteiger partial charge on any atom is -0.322 e. The summed E-state index contributed by atoms with van der Waals surface area (Å²) in [5.74, 6) is 0.295. The first-order valence-corrected chi connectivity index (χ1v) is 9.32. The van der Waals surface area contributed by atoms with E-state index in [0.29, 0.717) is 12.2 Å². The Kier molecular flexibility index (Phi) is 4.10. The molecule has 2 atom stereocenters. The molecule has 1 aromatic rings. The van der Waals surface area contributed by atoms with Gasteiger partial charge in [0.05, 0.1) is 17.0 Å². The lowest BCUT2D eigenvalue weighted by molar-refractivity contribution is 0.507. The van der Waals surface area contributed by atoms with Gasteiger partial charge in [-0.25, -0.2) is 8.42 Å². The Hall–Kier alpha value is -0.390. The highest BCUT2D eigenvalue weighted by Gasteiger charge is 2.35. The Labute approximate surface area is 120 Å². The summed E-state index contributed by atoms with van der Waals surface area (Å²) in [7, 11) is -3.02. The van der Waals surface area contributed by atoms with Crippen molar-refractivity contribution in [1.29, 1.82) is 0 Å². The van der Waals surface area contributed by atoms with Gasteiger partial charge in [-0.15, -0.1) is 11.3 Å². The topological polar surface area (TPSA) is 60.2 Å². The van der Waals surface area contributed by atoms with E-state index in [1.165, 1.54) is 4.88 Å². The van der Waals surface area contributed by atoms with E-state index >= 15 is 0 Å². The Morgan fingerprint density at radius 1 is 1.32 bits per heavy atom. The van der Waals surface area contributed by atoms with Gasteiger partial charge in [0.25, 0.3) is 0 Å². The summed E-state index contributed by atoms with van der Waals surface area (Å²) in [6.45, 7) is 6.47. The lowest BCUT2D eigenvalue weighted by atomic mass is 9.95. The zero-order valence-corrected chi connectivity index (χ0v) is 13.5. The largest absolute Gasteiger partial charge is 0.322 e. The smallest absolute Gasteiger partial charge is 0.155 e. The second kappa shape index (κ2) is 5.19. The molecule has 2 heterocycles. The van der Waals surface area contributed by atoms with Crippen LogP contribution in [0.4, 0.5) is 0 Å².